The predicted octanol–water partition coefficient (Wildman–Crippen LogP) is 16.5. The number of aliphatic hydroxyl groups excluding tert-OH is 2. The fourth-order valence-electron chi connectivity index (χ4n) is 7.37. The van der Waals surface area contributed by atoms with Gasteiger partial charge in [-0.15, -0.1) is 0 Å². The van der Waals surface area contributed by atoms with E-state index in [2.05, 4.69) is 123 Å². The second kappa shape index (κ2) is 52.2. The number of rotatable bonds is 46. The Morgan fingerprint density at radius 3 is 1.45 bits per heavy atom. The number of unbranched alkanes of at least 4 members (excludes halogenated alkanes) is 18. The molecule has 0 saturated carbocycles. The van der Waals surface area contributed by atoms with Crippen LogP contribution in [-0.2, 0) is 14.3 Å². The lowest BCUT2D eigenvalue weighted by Crippen LogP contribution is -2.46. The van der Waals surface area contributed by atoms with Gasteiger partial charge in [0.05, 0.1) is 25.2 Å². The third kappa shape index (κ3) is 46.8. The fraction of sp³-hybridized carbons (Fsp3) is 0.633. The van der Waals surface area contributed by atoms with Gasteiger partial charge in [0.15, 0.2) is 0 Å². The zero-order valence-corrected chi connectivity index (χ0v) is 42.5. The van der Waals surface area contributed by atoms with Crippen LogP contribution in [0.1, 0.15) is 220 Å². The molecule has 0 saturated heterocycles. The monoisotopic (exact) mass is 914 g/mol. The second-order valence-electron chi connectivity index (χ2n) is 17.7. The summed E-state index contributed by atoms with van der Waals surface area (Å²) in [6.07, 6.45) is 72.5. The van der Waals surface area contributed by atoms with Crippen molar-refractivity contribution in [1.82, 2.24) is 5.32 Å². The molecule has 1 amide bonds. The molecule has 0 spiro atoms. The lowest BCUT2D eigenvalue weighted by Gasteiger charge is -2.24. The number of hydrogen-bond donors (Lipinski definition) is 3. The maximum absolute atomic E-state index is 13.2. The number of allylic oxidation sites excluding steroid dienone is 20. The van der Waals surface area contributed by atoms with Crippen molar-refractivity contribution in [3.63, 3.8) is 0 Å². The SMILES string of the molecule is CC/C=C\C/C=C\C/C=C\C/C=C\C/C=C\CCCC(CC(=O)NC(CO)C(O)CCCCCCCCCCCCCC)OC(=O)CCCCCCC/C=C/C=C/C=C/C=C/C=C/CCC. The summed E-state index contributed by atoms with van der Waals surface area (Å²) in [5, 5.41) is 23.8. The highest BCUT2D eigenvalue weighted by atomic mass is 16.5. The number of carbonyl (C=O) groups excluding carboxylic acids is 2. The van der Waals surface area contributed by atoms with Crippen LogP contribution in [0, 0.1) is 0 Å². The molecule has 0 aromatic rings. The van der Waals surface area contributed by atoms with E-state index in [-0.39, 0.29) is 24.9 Å². The Morgan fingerprint density at radius 1 is 0.470 bits per heavy atom. The number of esters is 1. The summed E-state index contributed by atoms with van der Waals surface area (Å²) in [5.74, 6) is -0.569. The van der Waals surface area contributed by atoms with Crippen molar-refractivity contribution in [2.24, 2.45) is 0 Å². The molecule has 0 fully saturated rings. The van der Waals surface area contributed by atoms with Crippen LogP contribution < -0.4 is 5.32 Å². The second-order valence-corrected chi connectivity index (χ2v) is 17.7. The standard InChI is InChI=1S/C60H99NO5/c1-4-7-10-13-16-19-22-25-27-29-31-33-35-38-41-44-47-50-53-60(65)66-56(51-48-45-42-39-36-34-32-30-28-26-23-20-17-14-11-8-5-2)54-59(64)61-57(55-62)58(63)52-49-46-43-40-37-24-21-18-15-12-9-6-3/h8,10-11,13,16-17,19-20,22,25-29,31-34,39,42,56-58,62-63H,4-7,9,12,14-15,18,21,23-24,30,35-38,40-41,43-55H2,1-3H3,(H,61,64)/b11-8-,13-10+,19-16+,20-17-,25-22+,28-26-,29-27+,33-31+,34-32-,42-39-. The minimum atomic E-state index is -0.815. The lowest BCUT2D eigenvalue weighted by atomic mass is 10.0. The molecule has 6 nitrogen and oxygen atoms in total. The molecule has 0 aromatic carbocycles. The number of nitrogens with one attached hydrogen (secondary N) is 1. The van der Waals surface area contributed by atoms with Gasteiger partial charge in [-0.1, -0.05) is 245 Å². The van der Waals surface area contributed by atoms with Crippen LogP contribution in [0.25, 0.3) is 0 Å². The van der Waals surface area contributed by atoms with Gasteiger partial charge in [0.1, 0.15) is 6.10 Å². The molecule has 3 atom stereocenters. The smallest absolute Gasteiger partial charge is 0.306 e. The molecule has 0 aliphatic carbocycles. The first kappa shape index (κ1) is 62.3. The Hall–Kier alpha value is -3.74. The van der Waals surface area contributed by atoms with E-state index in [0.29, 0.717) is 19.3 Å². The molecule has 0 heterocycles. The summed E-state index contributed by atoms with van der Waals surface area (Å²) in [7, 11) is 0. The maximum atomic E-state index is 13.2. The number of hydrogen-bond acceptors (Lipinski definition) is 5. The van der Waals surface area contributed by atoms with Crippen LogP contribution in [0.2, 0.25) is 0 Å². The van der Waals surface area contributed by atoms with Crippen LogP contribution in [0.5, 0.6) is 0 Å². The molecule has 0 radical (unpaired) electrons. The molecule has 0 aliphatic heterocycles. The average molecular weight is 914 g/mol. The maximum Gasteiger partial charge on any atom is 0.306 e. The van der Waals surface area contributed by atoms with Gasteiger partial charge in [-0.2, -0.15) is 0 Å². The third-order valence-electron chi connectivity index (χ3n) is 11.4. The van der Waals surface area contributed by atoms with E-state index in [1.165, 1.54) is 64.2 Å². The van der Waals surface area contributed by atoms with E-state index in [0.717, 1.165) is 109 Å². The van der Waals surface area contributed by atoms with E-state index in [1.807, 2.05) is 24.3 Å². The predicted molar refractivity (Wildman–Crippen MR) is 286 cm³/mol. The number of aliphatic hydroxyl groups is 2. The molecule has 66 heavy (non-hydrogen) atoms. The minimum absolute atomic E-state index is 0.0198. The van der Waals surface area contributed by atoms with Crippen molar-refractivity contribution in [2.75, 3.05) is 6.61 Å². The Bertz CT molecular complexity index is 1390. The van der Waals surface area contributed by atoms with Crippen molar-refractivity contribution in [3.05, 3.63) is 122 Å². The summed E-state index contributed by atoms with van der Waals surface area (Å²) in [6.45, 7) is 6.25. The first-order chi connectivity index (χ1) is 32.5. The van der Waals surface area contributed by atoms with Gasteiger partial charge in [-0.05, 0) is 83.5 Å². The van der Waals surface area contributed by atoms with Crippen molar-refractivity contribution in [3.8, 4) is 0 Å². The fourth-order valence-corrected chi connectivity index (χ4v) is 7.37. The highest BCUT2D eigenvalue weighted by Gasteiger charge is 2.24. The highest BCUT2D eigenvalue weighted by Crippen LogP contribution is 2.16. The van der Waals surface area contributed by atoms with E-state index in [1.54, 1.807) is 0 Å². The topological polar surface area (TPSA) is 95.9 Å². The Labute approximate surface area is 406 Å². The molecule has 0 bridgehead atoms. The summed E-state index contributed by atoms with van der Waals surface area (Å²) < 4.78 is 5.91. The van der Waals surface area contributed by atoms with Gasteiger partial charge in [0.2, 0.25) is 5.91 Å². The zero-order chi connectivity index (χ0) is 48.1. The van der Waals surface area contributed by atoms with Crippen molar-refractivity contribution in [1.29, 1.82) is 0 Å². The lowest BCUT2D eigenvalue weighted by molar-refractivity contribution is -0.151. The van der Waals surface area contributed by atoms with Gasteiger partial charge >= 0.3 is 5.97 Å². The molecule has 374 valence electrons. The summed E-state index contributed by atoms with van der Waals surface area (Å²) in [5.41, 5.74) is 0. The van der Waals surface area contributed by atoms with E-state index >= 15 is 0 Å². The molecule has 6 heteroatoms. The molecule has 0 aliphatic rings. The summed E-state index contributed by atoms with van der Waals surface area (Å²) in [6, 6.07) is -0.734. The van der Waals surface area contributed by atoms with Gasteiger partial charge in [0, 0.05) is 6.42 Å². The van der Waals surface area contributed by atoms with Crippen LogP contribution in [0.15, 0.2) is 122 Å². The summed E-state index contributed by atoms with van der Waals surface area (Å²) >= 11 is 0. The minimum Gasteiger partial charge on any atom is -0.462 e. The van der Waals surface area contributed by atoms with Crippen molar-refractivity contribution < 1.29 is 24.5 Å². The Morgan fingerprint density at radius 2 is 0.924 bits per heavy atom. The summed E-state index contributed by atoms with van der Waals surface area (Å²) in [4.78, 5) is 26.2. The van der Waals surface area contributed by atoms with E-state index in [9.17, 15) is 19.8 Å². The number of ether oxygens (including phenoxy) is 1. The molecule has 0 rings (SSSR count). The molecule has 3 N–H and O–H groups in total. The van der Waals surface area contributed by atoms with Gasteiger partial charge in [-0.25, -0.2) is 0 Å². The Kier molecular flexibility index (Phi) is 49.3. The van der Waals surface area contributed by atoms with Gasteiger partial charge in [-0.3, -0.25) is 9.59 Å². The largest absolute Gasteiger partial charge is 0.462 e. The number of carbonyl (C=O) groups is 2. The molecule has 3 unspecified atom stereocenters. The van der Waals surface area contributed by atoms with Crippen LogP contribution >= 0.6 is 0 Å². The molecular weight excluding hydrogens is 815 g/mol. The van der Waals surface area contributed by atoms with Crippen LogP contribution in [-0.4, -0.2) is 46.9 Å². The highest BCUT2D eigenvalue weighted by molar-refractivity contribution is 5.77. The van der Waals surface area contributed by atoms with Gasteiger partial charge < -0.3 is 20.3 Å². The van der Waals surface area contributed by atoms with E-state index < -0.39 is 18.2 Å². The average Bonchev–Trinajstić information content (AvgIpc) is 3.31. The Balaban J connectivity index is 4.78. The van der Waals surface area contributed by atoms with Crippen LogP contribution in [0.3, 0.4) is 0 Å². The van der Waals surface area contributed by atoms with Gasteiger partial charge in [0.25, 0.3) is 0 Å². The van der Waals surface area contributed by atoms with E-state index in [4.69, 9.17) is 4.74 Å². The first-order valence-electron chi connectivity index (χ1n) is 26.8. The van der Waals surface area contributed by atoms with Crippen molar-refractivity contribution >= 4 is 11.9 Å². The molecule has 0 aromatic heterocycles. The third-order valence-corrected chi connectivity index (χ3v) is 11.4. The zero-order valence-electron chi connectivity index (χ0n) is 42.5. The molecular formula is C60H99NO5. The normalized spacial score (nSPS) is 14.2. The number of amides is 1. The van der Waals surface area contributed by atoms with Crippen molar-refractivity contribution in [2.45, 2.75) is 238 Å². The first-order valence-corrected chi connectivity index (χ1v) is 26.8. The quantitative estimate of drug-likeness (QED) is 0.0245. The van der Waals surface area contributed by atoms with Crippen LogP contribution in [0.4, 0.5) is 0 Å².